The average Bonchev–Trinajstić information content (AvgIpc) is 3.10. The molecule has 0 spiro atoms. The Kier molecular flexibility index (Phi) is 6.09. The Morgan fingerprint density at radius 2 is 2.13 bits per heavy atom. The van der Waals surface area contributed by atoms with Gasteiger partial charge in [0.25, 0.3) is 0 Å². The predicted molar refractivity (Wildman–Crippen MR) is 95.9 cm³/mol. The monoisotopic (exact) mass is 338 g/mol. The van der Waals surface area contributed by atoms with Crippen molar-refractivity contribution in [1.29, 1.82) is 0 Å². The number of ether oxygens (including phenoxy) is 1. The van der Waals surface area contributed by atoms with Gasteiger partial charge >= 0.3 is 6.09 Å². The van der Waals surface area contributed by atoms with Gasteiger partial charge in [0.1, 0.15) is 5.60 Å². The molecular weight excluding hydrogens is 308 g/mol. The highest BCUT2D eigenvalue weighted by molar-refractivity contribution is 7.10. The van der Waals surface area contributed by atoms with Gasteiger partial charge in [0.15, 0.2) is 0 Å². The lowest BCUT2D eigenvalue weighted by atomic mass is 10.1. The quantitative estimate of drug-likeness (QED) is 0.799. The molecule has 0 radical (unpaired) electrons. The van der Waals surface area contributed by atoms with Crippen molar-refractivity contribution in [3.8, 4) is 0 Å². The van der Waals surface area contributed by atoms with E-state index in [2.05, 4.69) is 22.8 Å². The summed E-state index contributed by atoms with van der Waals surface area (Å²) in [5.74, 6) is 0.752. The predicted octanol–water partition coefficient (Wildman–Crippen LogP) is 4.43. The maximum atomic E-state index is 12.3. The number of nitrogens with one attached hydrogen (secondary N) is 1. The van der Waals surface area contributed by atoms with E-state index in [1.807, 2.05) is 46.0 Å². The van der Waals surface area contributed by atoms with Crippen LogP contribution in [0.25, 0.3) is 0 Å². The van der Waals surface area contributed by atoms with Crippen LogP contribution < -0.4 is 5.32 Å². The zero-order valence-corrected chi connectivity index (χ0v) is 15.8. The summed E-state index contributed by atoms with van der Waals surface area (Å²) in [5, 5.41) is 5.78. The van der Waals surface area contributed by atoms with E-state index in [-0.39, 0.29) is 12.1 Å². The molecule has 0 aromatic carbocycles. The van der Waals surface area contributed by atoms with Gasteiger partial charge in [0.2, 0.25) is 0 Å². The van der Waals surface area contributed by atoms with E-state index in [1.165, 1.54) is 17.7 Å². The van der Waals surface area contributed by atoms with Crippen molar-refractivity contribution < 1.29 is 9.53 Å². The number of thiophene rings is 1. The zero-order valence-electron chi connectivity index (χ0n) is 15.0. The largest absolute Gasteiger partial charge is 0.444 e. The lowest BCUT2D eigenvalue weighted by molar-refractivity contribution is 0.0192. The first-order chi connectivity index (χ1) is 10.8. The number of amides is 1. The van der Waals surface area contributed by atoms with Crippen molar-refractivity contribution >= 4 is 17.4 Å². The fourth-order valence-corrected chi connectivity index (χ4v) is 3.51. The van der Waals surface area contributed by atoms with Gasteiger partial charge in [-0.3, -0.25) is 0 Å². The molecule has 1 amide bonds. The fraction of sp³-hybridized carbons (Fsp3) is 0.722. The topological polar surface area (TPSA) is 41.6 Å². The van der Waals surface area contributed by atoms with Gasteiger partial charge in [0, 0.05) is 30.1 Å². The van der Waals surface area contributed by atoms with Crippen LogP contribution in [0, 0.1) is 5.92 Å². The molecule has 130 valence electrons. The van der Waals surface area contributed by atoms with Gasteiger partial charge in [-0.15, -0.1) is 11.3 Å². The van der Waals surface area contributed by atoms with E-state index in [0.29, 0.717) is 12.6 Å². The summed E-state index contributed by atoms with van der Waals surface area (Å²) in [4.78, 5) is 15.5. The second-order valence-corrected chi connectivity index (χ2v) is 8.53. The van der Waals surface area contributed by atoms with Crippen molar-refractivity contribution in [3.63, 3.8) is 0 Å². The van der Waals surface area contributed by atoms with Crippen LogP contribution in [-0.4, -0.2) is 35.7 Å². The van der Waals surface area contributed by atoms with Gasteiger partial charge in [0.05, 0.1) is 0 Å². The third-order valence-electron chi connectivity index (χ3n) is 3.91. The molecule has 0 saturated heterocycles. The molecule has 5 heteroatoms. The van der Waals surface area contributed by atoms with Gasteiger partial charge in [-0.05, 0) is 64.8 Å². The van der Waals surface area contributed by atoms with E-state index in [0.717, 1.165) is 12.5 Å². The van der Waals surface area contributed by atoms with Crippen LogP contribution in [0.3, 0.4) is 0 Å². The summed E-state index contributed by atoms with van der Waals surface area (Å²) < 4.78 is 5.51. The minimum absolute atomic E-state index is 0.132. The molecule has 1 heterocycles. The van der Waals surface area contributed by atoms with Crippen LogP contribution in [0.15, 0.2) is 17.5 Å². The van der Waals surface area contributed by atoms with Crippen molar-refractivity contribution in [2.75, 3.05) is 13.1 Å². The molecule has 1 aliphatic rings. The third kappa shape index (κ3) is 5.81. The number of rotatable bonds is 7. The van der Waals surface area contributed by atoms with Crippen molar-refractivity contribution in [2.24, 2.45) is 5.92 Å². The summed E-state index contributed by atoms with van der Waals surface area (Å²) >= 11 is 1.81. The van der Waals surface area contributed by atoms with E-state index in [4.69, 9.17) is 4.74 Å². The molecule has 2 rings (SSSR count). The van der Waals surface area contributed by atoms with Gasteiger partial charge in [-0.2, -0.15) is 0 Å². The number of hydrogen-bond donors (Lipinski definition) is 1. The SMILES string of the molecule is CC(C)N(CCNC(c1cccs1)C1CC1)C(=O)OC(C)(C)C. The highest BCUT2D eigenvalue weighted by Gasteiger charge is 2.33. The molecule has 23 heavy (non-hydrogen) atoms. The fourth-order valence-electron chi connectivity index (χ4n) is 2.62. The van der Waals surface area contributed by atoms with E-state index in [9.17, 15) is 4.79 Å². The zero-order chi connectivity index (χ0) is 17.0. The lowest BCUT2D eigenvalue weighted by Gasteiger charge is -2.30. The standard InChI is InChI=1S/C18H30N2O2S/c1-13(2)20(17(21)22-18(3,4)5)11-10-19-16(14-8-9-14)15-7-6-12-23-15/h6-7,12-14,16,19H,8-11H2,1-5H3. The average molecular weight is 339 g/mol. The molecule has 1 saturated carbocycles. The summed E-state index contributed by atoms with van der Waals surface area (Å²) in [7, 11) is 0. The van der Waals surface area contributed by atoms with E-state index >= 15 is 0 Å². The molecule has 1 aromatic rings. The van der Waals surface area contributed by atoms with Crippen LogP contribution in [0.5, 0.6) is 0 Å². The Morgan fingerprint density at radius 1 is 1.43 bits per heavy atom. The Balaban J connectivity index is 1.87. The minimum Gasteiger partial charge on any atom is -0.444 e. The van der Waals surface area contributed by atoms with Gasteiger partial charge < -0.3 is 15.0 Å². The first-order valence-electron chi connectivity index (χ1n) is 8.54. The van der Waals surface area contributed by atoms with Crippen molar-refractivity contribution in [3.05, 3.63) is 22.4 Å². The molecule has 1 N–H and O–H groups in total. The highest BCUT2D eigenvalue weighted by Crippen LogP contribution is 2.42. The molecular formula is C18H30N2O2S. The van der Waals surface area contributed by atoms with Gasteiger partial charge in [-0.1, -0.05) is 6.07 Å². The van der Waals surface area contributed by atoms with Crippen LogP contribution in [0.2, 0.25) is 0 Å². The Labute approximate surface area is 144 Å². The summed E-state index contributed by atoms with van der Waals surface area (Å²) in [6, 6.07) is 4.88. The lowest BCUT2D eigenvalue weighted by Crippen LogP contribution is -2.44. The molecule has 0 aliphatic heterocycles. The minimum atomic E-state index is -0.453. The molecule has 1 aliphatic carbocycles. The second kappa shape index (κ2) is 7.67. The van der Waals surface area contributed by atoms with Crippen molar-refractivity contribution in [1.82, 2.24) is 10.2 Å². The van der Waals surface area contributed by atoms with Crippen LogP contribution in [0.4, 0.5) is 4.79 Å². The van der Waals surface area contributed by atoms with Gasteiger partial charge in [-0.25, -0.2) is 4.79 Å². The summed E-state index contributed by atoms with van der Waals surface area (Å²) in [6.45, 7) is 11.2. The summed E-state index contributed by atoms with van der Waals surface area (Å²) in [5.41, 5.74) is -0.453. The molecule has 4 nitrogen and oxygen atoms in total. The second-order valence-electron chi connectivity index (χ2n) is 7.55. The number of carbonyl (C=O) groups excluding carboxylic acids is 1. The Bertz CT molecular complexity index is 490. The first-order valence-corrected chi connectivity index (χ1v) is 9.42. The molecule has 1 aromatic heterocycles. The normalized spacial score (nSPS) is 16.4. The van der Waals surface area contributed by atoms with E-state index < -0.39 is 5.60 Å². The maximum absolute atomic E-state index is 12.3. The Hall–Kier alpha value is -1.07. The van der Waals surface area contributed by atoms with Crippen molar-refractivity contribution in [2.45, 2.75) is 65.1 Å². The highest BCUT2D eigenvalue weighted by atomic mass is 32.1. The smallest absolute Gasteiger partial charge is 0.410 e. The number of carbonyl (C=O) groups is 1. The molecule has 1 unspecified atom stereocenters. The van der Waals surface area contributed by atoms with Crippen LogP contribution in [0.1, 0.15) is 58.4 Å². The number of nitrogens with zero attached hydrogens (tertiary/aromatic N) is 1. The first kappa shape index (κ1) is 18.3. The third-order valence-corrected chi connectivity index (χ3v) is 4.87. The Morgan fingerprint density at radius 3 is 2.61 bits per heavy atom. The van der Waals surface area contributed by atoms with Crippen LogP contribution >= 0.6 is 11.3 Å². The maximum Gasteiger partial charge on any atom is 0.410 e. The van der Waals surface area contributed by atoms with Crippen LogP contribution in [-0.2, 0) is 4.74 Å². The summed E-state index contributed by atoms with van der Waals surface area (Å²) in [6.07, 6.45) is 2.37. The molecule has 0 bridgehead atoms. The molecule has 1 fully saturated rings. The number of hydrogen-bond acceptors (Lipinski definition) is 4. The van der Waals surface area contributed by atoms with E-state index in [1.54, 1.807) is 4.90 Å². The molecule has 1 atom stereocenters.